The van der Waals surface area contributed by atoms with Crippen molar-refractivity contribution < 1.29 is 250 Å². The SMILES string of the molecule is COC1[C@@H](OC)[C@H](O[C@H]2[C@H](OC)[C@@H](OS(=O)(=O)O)[C@@H](OC)O[C@@H]2COS(=O)(=O)O)O[C@@H](C(=O)[O-])[C@H]1O[C@H]1O[C@H](COS(=O)(=O)O)[C@@H](O[C@@H]2O[C@H](C(=O)[O-])[C@@H](O[C@H]3O[C@H](COS(=O)(=O)O)[C@@H](OCCOCCOCCOCCCC(=O)CCCCC(=O)C[C@H](NS(=O)(=O)c4c(C)cc(C)c(C)c4C)C(=O)C[C@H](Cc4ccc(C(C)=N)cc4)C(=O)N4CCCCC4)[C@H](OC)[C@H]3OC)[C@H](OC)[C@H]2OC)[C@H](OS(=O)(=O)O)[C@H]1OS(=O)(=O)O. The molecule has 58 nitrogen and oxygen atoms in total. The number of hydrogen-bond acceptors (Lipinski definition) is 50. The van der Waals surface area contributed by atoms with Crippen molar-refractivity contribution >= 4 is 113 Å². The van der Waals surface area contributed by atoms with Gasteiger partial charge in [0, 0.05) is 120 Å². The van der Waals surface area contributed by atoms with Crippen molar-refractivity contribution in [3.05, 3.63) is 63.7 Å². The number of carbonyl (C=O) groups is 6. The zero-order chi connectivity index (χ0) is 110. The fourth-order valence-corrected chi connectivity index (χ4v) is 21.8. The molecule has 0 radical (unpaired) electrons. The number of aliphatic carboxylic acids is 2. The highest BCUT2D eigenvalue weighted by Crippen LogP contribution is 2.42. The second kappa shape index (κ2) is 57.5. The van der Waals surface area contributed by atoms with Crippen LogP contribution in [0.25, 0.3) is 0 Å². The molecule has 6 aliphatic rings. The highest BCUT2D eigenvalue weighted by Gasteiger charge is 2.62. The first-order valence-electron chi connectivity index (χ1n) is 45.6. The zero-order valence-corrected chi connectivity index (χ0v) is 88.2. The Morgan fingerprint density at radius 2 is 0.797 bits per heavy atom. The lowest BCUT2D eigenvalue weighted by atomic mass is 9.89. The van der Waals surface area contributed by atoms with Gasteiger partial charge in [-0.2, -0.15) is 50.5 Å². The molecule has 0 saturated carbocycles. The summed E-state index contributed by atoms with van der Waals surface area (Å²) in [5.74, 6) is -7.02. The zero-order valence-electron chi connectivity index (χ0n) is 82.4. The standard InChI is InChI=1S/C83H129N3O55S7/c1-43-36-44(2)75(46(4)45(43)3)142(95,96)85-53(54(89)38-50(76(90)86-27-17-14-18-28-86)37-48-23-25-49(26-24-48)47(5)84)39-52(88)21-16-15-20-51(87)22-19-29-123-30-31-124-32-33-125-34-35-126-58-55(40-127-143(97,98)99)131-80(70(119-10)61(58)115-6)135-65-63(117-8)72(121-12)82(138-68(65)77(91)92)134-60-57(42-129-145(103,104)105)132-83(74(141-148(112,113)114)67(60)139-146(106,107)108)136-66-64(118-9)71(120-11)81(137-69(66)78(93)94)133-59-56(41-128-144(100,101)102)130-79(122-13)73(62(59)116-7)140-147(109,110)111/h23-26,36,50,53,55-74,79-85H,14-22,27-35,37-42H2,1-13H3,(H,91,92)(H,93,94)(H,97,98,99)(H,100,101,102)(H,103,104,105)(H,106,107,108)(H,109,110,111)(H,112,113,114)/p-2/t50-,53-,55+,56+,57+,58+,59+,60+,61-,62-,63-,64?,65-,66-,67-,68-,69+,70+,71+,72+,73+,74+,79-,80+,81+,82+,83+/m0/s1. The third kappa shape index (κ3) is 37.8. The Morgan fingerprint density at radius 1 is 0.419 bits per heavy atom. The van der Waals surface area contributed by atoms with Crippen molar-refractivity contribution in [3.63, 3.8) is 0 Å². The molecule has 27 atom stereocenters. The second-order valence-corrected chi connectivity index (χ2v) is 42.6. The maximum absolute atomic E-state index is 14.6. The lowest BCUT2D eigenvalue weighted by Crippen LogP contribution is -2.70. The monoisotopic (exact) mass is 2270 g/mol. The predicted octanol–water partition coefficient (Wildman–Crippen LogP) is -3.47. The van der Waals surface area contributed by atoms with E-state index in [0.717, 1.165) is 92.8 Å². The Labute approximate surface area is 855 Å². The first-order valence-corrected chi connectivity index (χ1v) is 55.3. The van der Waals surface area contributed by atoms with E-state index in [1.807, 2.05) is 6.92 Å². The van der Waals surface area contributed by atoms with Crippen LogP contribution in [-0.2, 0) is 232 Å². The number of nitrogens with zero attached hydrogens (tertiary/aromatic N) is 1. The number of likely N-dealkylation sites (tertiary alicyclic amines) is 1. The molecule has 148 heavy (non-hydrogen) atoms. The van der Waals surface area contributed by atoms with Gasteiger partial charge >= 0.3 is 62.4 Å². The maximum atomic E-state index is 14.6. The van der Waals surface area contributed by atoms with Crippen molar-refractivity contribution in [2.24, 2.45) is 5.92 Å². The summed E-state index contributed by atoms with van der Waals surface area (Å²) < 4.78 is 389. The Hall–Kier alpha value is -6.18. The molecule has 8 rings (SSSR count). The molecular formula is C83H127N3O55S7-2. The third-order valence-corrected chi connectivity index (χ3v) is 29.0. The fraction of sp³-hybridized carbons (Fsp3) is 0.771. The van der Waals surface area contributed by atoms with E-state index >= 15 is 0 Å². The number of carbonyl (C=O) groups excluding carboxylic acids is 6. The number of piperidine rings is 1. The van der Waals surface area contributed by atoms with Gasteiger partial charge in [0.15, 0.2) is 49.4 Å². The first kappa shape index (κ1) is 127. The summed E-state index contributed by atoms with van der Waals surface area (Å²) in [7, 11) is -31.7. The van der Waals surface area contributed by atoms with E-state index in [1.54, 1.807) is 62.9 Å². The van der Waals surface area contributed by atoms with Crippen molar-refractivity contribution in [1.82, 2.24) is 9.62 Å². The van der Waals surface area contributed by atoms with Gasteiger partial charge in [-0.25, -0.2) is 38.2 Å². The topological polar surface area (TPSA) is 797 Å². The molecule has 6 fully saturated rings. The summed E-state index contributed by atoms with van der Waals surface area (Å²) in [5, 5.41) is 35.0. The minimum absolute atomic E-state index is 0.00233. The van der Waals surface area contributed by atoms with Crippen LogP contribution in [0.2, 0.25) is 0 Å². The average molecular weight is 2270 g/mol. The van der Waals surface area contributed by atoms with Gasteiger partial charge in [0.05, 0.1) is 82.3 Å². The molecule has 8 N–H and O–H groups in total. The molecule has 2 aromatic carbocycles. The van der Waals surface area contributed by atoms with E-state index in [0.29, 0.717) is 48.3 Å². The van der Waals surface area contributed by atoms with Crippen molar-refractivity contribution in [2.75, 3.05) is 136 Å². The quantitative estimate of drug-likeness (QED) is 0.0181. The van der Waals surface area contributed by atoms with Gasteiger partial charge in [-0.05, 0) is 113 Å². The van der Waals surface area contributed by atoms with Gasteiger partial charge < -0.3 is 130 Å². The molecule has 6 aliphatic heterocycles. The number of sulfonamides is 1. The van der Waals surface area contributed by atoms with Crippen LogP contribution in [0.4, 0.5) is 0 Å². The first-order chi connectivity index (χ1) is 69.3. The summed E-state index contributed by atoms with van der Waals surface area (Å²) in [4.78, 5) is 84.3. The van der Waals surface area contributed by atoms with Gasteiger partial charge in [-0.3, -0.25) is 46.5 Å². The summed E-state index contributed by atoms with van der Waals surface area (Å²) in [6, 6.07) is 7.29. The number of ketones is 3. The molecule has 6 heterocycles. The Morgan fingerprint density at radius 3 is 1.23 bits per heavy atom. The molecule has 1 amide bonds. The number of unbranched alkanes of at least 4 members (excludes halogenated alkanes) is 1. The number of Topliss-reactive ketones (excluding diaryl/α,β-unsaturated/α-hetero) is 3. The van der Waals surface area contributed by atoms with E-state index in [4.69, 9.17) is 117 Å². The summed E-state index contributed by atoms with van der Waals surface area (Å²) >= 11 is 0. The smallest absolute Gasteiger partial charge is 0.397 e. The van der Waals surface area contributed by atoms with Crippen molar-refractivity contribution in [3.8, 4) is 0 Å². The molecule has 6 saturated heterocycles. The minimum atomic E-state index is -6.23. The van der Waals surface area contributed by atoms with Crippen LogP contribution >= 0.6 is 0 Å². The maximum Gasteiger partial charge on any atom is 0.397 e. The van der Waals surface area contributed by atoms with Crippen LogP contribution in [0.5, 0.6) is 0 Å². The number of aryl methyl sites for hydroxylation is 2. The number of carboxylic acids is 2. The number of nitrogens with one attached hydrogen (secondary N) is 2. The Kier molecular flexibility index (Phi) is 49.3. The molecule has 0 aromatic heterocycles. The van der Waals surface area contributed by atoms with Crippen molar-refractivity contribution in [1.29, 1.82) is 5.41 Å². The lowest BCUT2D eigenvalue weighted by Gasteiger charge is -2.52. The second-order valence-electron chi connectivity index (χ2n) is 34.6. The van der Waals surface area contributed by atoms with Crippen LogP contribution in [0.15, 0.2) is 35.2 Å². The molecule has 0 aliphatic carbocycles. The summed E-state index contributed by atoms with van der Waals surface area (Å²) in [6.45, 7) is 5.07. The highest BCUT2D eigenvalue weighted by atomic mass is 32.3. The normalized spacial score (nSPS) is 29.2. The minimum Gasteiger partial charge on any atom is -0.547 e. The predicted molar refractivity (Wildman–Crippen MR) is 487 cm³/mol. The molecule has 2 aromatic rings. The van der Waals surface area contributed by atoms with E-state index in [2.05, 4.69) is 17.3 Å². The highest BCUT2D eigenvalue weighted by molar-refractivity contribution is 7.89. The lowest BCUT2D eigenvalue weighted by molar-refractivity contribution is -0.401. The number of ether oxygens (including phenoxy) is 21. The van der Waals surface area contributed by atoms with Crippen LogP contribution in [0.1, 0.15) is 111 Å². The number of rotatable bonds is 64. The van der Waals surface area contributed by atoms with Crippen LogP contribution in [0, 0.1) is 39.0 Å². The molecule has 0 spiro atoms. The van der Waals surface area contributed by atoms with Gasteiger partial charge in [0.2, 0.25) is 15.9 Å². The molecule has 1 unspecified atom stereocenters. The summed E-state index contributed by atoms with van der Waals surface area (Å²) in [6.07, 6.45) is -54.3. The number of amides is 1. The number of benzene rings is 2. The van der Waals surface area contributed by atoms with Gasteiger partial charge in [-0.15, -0.1) is 0 Å². The van der Waals surface area contributed by atoms with Gasteiger partial charge in [0.25, 0.3) is 0 Å². The summed E-state index contributed by atoms with van der Waals surface area (Å²) in [5.41, 5.74) is 4.26. The molecule has 0 bridgehead atoms. The van der Waals surface area contributed by atoms with Gasteiger partial charge in [0.1, 0.15) is 121 Å². The largest absolute Gasteiger partial charge is 0.547 e. The fourth-order valence-electron chi connectivity index (χ4n) is 17.7. The van der Waals surface area contributed by atoms with E-state index in [9.17, 15) is 125 Å². The van der Waals surface area contributed by atoms with E-state index in [1.165, 1.54) is 0 Å². The van der Waals surface area contributed by atoms with Crippen LogP contribution in [0.3, 0.4) is 0 Å². The Balaban J connectivity index is 0.875. The average Bonchev–Trinajstić information content (AvgIpc) is 0.751. The molecular weight excluding hydrogens is 2140 g/mol. The van der Waals surface area contributed by atoms with Crippen molar-refractivity contribution in [2.45, 2.75) is 276 Å². The number of methoxy groups -OCH3 is 8. The van der Waals surface area contributed by atoms with Gasteiger partial charge in [-0.1, -0.05) is 30.3 Å². The Bertz CT molecular complexity index is 5550. The van der Waals surface area contributed by atoms with Crippen LogP contribution in [-0.4, -0.2) is 428 Å². The number of carboxylic acid groups (broad SMARTS) is 2. The molecule has 848 valence electrons. The van der Waals surface area contributed by atoms with E-state index in [-0.39, 0.29) is 101 Å². The van der Waals surface area contributed by atoms with E-state index < -0.39 is 288 Å². The number of hydrogen-bond donors (Lipinski definition) is 8. The van der Waals surface area contributed by atoms with Crippen LogP contribution < -0.4 is 14.9 Å². The third-order valence-electron chi connectivity index (χ3n) is 24.6. The molecule has 65 heteroatoms.